The number of carbonyl (C=O) groups is 2. The summed E-state index contributed by atoms with van der Waals surface area (Å²) < 4.78 is 10.5. The SMILES string of the molecule is C[C@@H](NC(=O)c1coc2ccccc12)C(=O)OC(C)(C)C. The van der Waals surface area contributed by atoms with Gasteiger partial charge in [0.2, 0.25) is 0 Å². The van der Waals surface area contributed by atoms with Crippen molar-refractivity contribution < 1.29 is 18.7 Å². The largest absolute Gasteiger partial charge is 0.463 e. The van der Waals surface area contributed by atoms with E-state index in [1.807, 2.05) is 12.1 Å². The van der Waals surface area contributed by atoms with Crippen molar-refractivity contribution >= 4 is 22.8 Å². The Kier molecular flexibility index (Phi) is 4.02. The molecule has 0 aliphatic heterocycles. The standard InChI is InChI=1S/C16H19NO4/c1-10(15(19)21-16(2,3)4)17-14(18)12-9-20-13-8-6-5-7-11(12)13/h5-10H,1-4H3,(H,17,18)/t10-/m1/s1. The van der Waals surface area contributed by atoms with Crippen LogP contribution in [0.5, 0.6) is 0 Å². The summed E-state index contributed by atoms with van der Waals surface area (Å²) in [5.41, 5.74) is 0.451. The van der Waals surface area contributed by atoms with Gasteiger partial charge >= 0.3 is 5.97 Å². The van der Waals surface area contributed by atoms with Crippen LogP contribution < -0.4 is 5.32 Å². The normalized spacial score (nSPS) is 13.0. The predicted molar refractivity (Wildman–Crippen MR) is 79.0 cm³/mol. The third-order valence-corrected chi connectivity index (χ3v) is 2.83. The first kappa shape index (κ1) is 15.1. The summed E-state index contributed by atoms with van der Waals surface area (Å²) in [5.74, 6) is -0.832. The lowest BCUT2D eigenvalue weighted by Gasteiger charge is -2.22. The van der Waals surface area contributed by atoms with E-state index in [0.717, 1.165) is 0 Å². The molecule has 2 aromatic rings. The van der Waals surface area contributed by atoms with E-state index in [4.69, 9.17) is 9.15 Å². The first-order chi connectivity index (χ1) is 9.78. The number of hydrogen-bond acceptors (Lipinski definition) is 4. The quantitative estimate of drug-likeness (QED) is 0.882. The molecule has 0 aliphatic carbocycles. The summed E-state index contributed by atoms with van der Waals surface area (Å²) in [6.07, 6.45) is 1.39. The van der Waals surface area contributed by atoms with Crippen LogP contribution in [0.15, 0.2) is 34.9 Å². The number of furan rings is 1. The lowest BCUT2D eigenvalue weighted by atomic mass is 10.1. The number of nitrogens with one attached hydrogen (secondary N) is 1. The average molecular weight is 289 g/mol. The van der Waals surface area contributed by atoms with Gasteiger partial charge in [-0.1, -0.05) is 18.2 Å². The van der Waals surface area contributed by atoms with E-state index in [1.165, 1.54) is 6.26 Å². The Labute approximate surface area is 123 Å². The summed E-state index contributed by atoms with van der Waals surface area (Å²) in [4.78, 5) is 24.1. The van der Waals surface area contributed by atoms with Crippen molar-refractivity contribution in [2.45, 2.75) is 39.3 Å². The lowest BCUT2D eigenvalue weighted by molar-refractivity contribution is -0.156. The second-order valence-corrected chi connectivity index (χ2v) is 5.87. The molecule has 0 fully saturated rings. The fraction of sp³-hybridized carbons (Fsp3) is 0.375. The van der Waals surface area contributed by atoms with Gasteiger partial charge in [-0.3, -0.25) is 4.79 Å². The molecule has 0 radical (unpaired) electrons. The molecule has 1 aromatic heterocycles. The second-order valence-electron chi connectivity index (χ2n) is 5.87. The molecule has 0 unspecified atom stereocenters. The van der Waals surface area contributed by atoms with Crippen molar-refractivity contribution in [1.82, 2.24) is 5.32 Å². The van der Waals surface area contributed by atoms with Crippen molar-refractivity contribution in [3.8, 4) is 0 Å². The Hall–Kier alpha value is -2.30. The summed E-state index contributed by atoms with van der Waals surface area (Å²) >= 11 is 0. The zero-order valence-corrected chi connectivity index (χ0v) is 12.6. The number of benzene rings is 1. The maximum absolute atomic E-state index is 12.2. The number of esters is 1. The van der Waals surface area contributed by atoms with Gasteiger partial charge in [-0.25, -0.2) is 4.79 Å². The van der Waals surface area contributed by atoms with Crippen LogP contribution in [0.4, 0.5) is 0 Å². The van der Waals surface area contributed by atoms with Crippen molar-refractivity contribution in [2.75, 3.05) is 0 Å². The van der Waals surface area contributed by atoms with Crippen LogP contribution in [0.1, 0.15) is 38.1 Å². The lowest BCUT2D eigenvalue weighted by Crippen LogP contribution is -2.42. The maximum Gasteiger partial charge on any atom is 0.328 e. The molecule has 1 heterocycles. The minimum atomic E-state index is -0.731. The van der Waals surface area contributed by atoms with Crippen molar-refractivity contribution in [2.24, 2.45) is 0 Å². The molecule has 1 amide bonds. The topological polar surface area (TPSA) is 68.5 Å². The van der Waals surface area contributed by atoms with E-state index in [2.05, 4.69) is 5.32 Å². The number of amides is 1. The number of rotatable bonds is 3. The predicted octanol–water partition coefficient (Wildman–Crippen LogP) is 2.89. The highest BCUT2D eigenvalue weighted by molar-refractivity contribution is 6.06. The van der Waals surface area contributed by atoms with Gasteiger partial charge in [0.15, 0.2) is 0 Å². The van der Waals surface area contributed by atoms with E-state index in [1.54, 1.807) is 39.8 Å². The first-order valence-corrected chi connectivity index (χ1v) is 6.78. The molecule has 0 aliphatic rings. The first-order valence-electron chi connectivity index (χ1n) is 6.78. The van der Waals surface area contributed by atoms with Gasteiger partial charge in [-0.2, -0.15) is 0 Å². The molecule has 0 saturated carbocycles. The number of hydrogen-bond donors (Lipinski definition) is 1. The Morgan fingerprint density at radius 3 is 2.57 bits per heavy atom. The number of para-hydroxylation sites is 1. The monoisotopic (exact) mass is 289 g/mol. The Balaban J connectivity index is 2.09. The van der Waals surface area contributed by atoms with Gasteiger partial charge in [0.05, 0.1) is 5.56 Å². The molecule has 2 rings (SSSR count). The number of ether oxygens (including phenoxy) is 1. The minimum Gasteiger partial charge on any atom is -0.463 e. The molecule has 1 aromatic carbocycles. The number of carbonyl (C=O) groups excluding carboxylic acids is 2. The molecule has 0 bridgehead atoms. The molecular weight excluding hydrogens is 270 g/mol. The third kappa shape index (κ3) is 3.62. The Bertz CT molecular complexity index is 666. The van der Waals surface area contributed by atoms with Crippen LogP contribution in [0, 0.1) is 0 Å². The number of fused-ring (bicyclic) bond motifs is 1. The van der Waals surface area contributed by atoms with Crippen LogP contribution in [0.3, 0.4) is 0 Å². The van der Waals surface area contributed by atoms with Gasteiger partial charge in [0.1, 0.15) is 23.5 Å². The zero-order valence-electron chi connectivity index (χ0n) is 12.6. The molecular formula is C16H19NO4. The highest BCUT2D eigenvalue weighted by atomic mass is 16.6. The Morgan fingerprint density at radius 1 is 1.24 bits per heavy atom. The molecule has 5 heteroatoms. The minimum absolute atomic E-state index is 0.363. The fourth-order valence-electron chi connectivity index (χ4n) is 1.88. The molecule has 1 N–H and O–H groups in total. The molecule has 5 nitrogen and oxygen atoms in total. The molecule has 1 atom stereocenters. The fourth-order valence-corrected chi connectivity index (χ4v) is 1.88. The summed E-state index contributed by atoms with van der Waals surface area (Å²) in [6.45, 7) is 6.93. The zero-order chi connectivity index (χ0) is 15.6. The van der Waals surface area contributed by atoms with Crippen molar-refractivity contribution in [3.05, 3.63) is 36.1 Å². The highest BCUT2D eigenvalue weighted by Crippen LogP contribution is 2.20. The molecule has 21 heavy (non-hydrogen) atoms. The van der Waals surface area contributed by atoms with Gasteiger partial charge in [-0.15, -0.1) is 0 Å². The third-order valence-electron chi connectivity index (χ3n) is 2.83. The van der Waals surface area contributed by atoms with Gasteiger partial charge in [0.25, 0.3) is 5.91 Å². The van der Waals surface area contributed by atoms with Gasteiger partial charge in [0, 0.05) is 5.39 Å². The van der Waals surface area contributed by atoms with Gasteiger partial charge in [-0.05, 0) is 33.8 Å². The van der Waals surface area contributed by atoms with Crippen LogP contribution >= 0.6 is 0 Å². The Morgan fingerprint density at radius 2 is 1.90 bits per heavy atom. The smallest absolute Gasteiger partial charge is 0.328 e. The van der Waals surface area contributed by atoms with E-state index in [-0.39, 0.29) is 5.91 Å². The maximum atomic E-state index is 12.2. The summed E-state index contributed by atoms with van der Waals surface area (Å²) in [7, 11) is 0. The van der Waals surface area contributed by atoms with Crippen LogP contribution in [0.2, 0.25) is 0 Å². The van der Waals surface area contributed by atoms with Crippen LogP contribution in [-0.4, -0.2) is 23.5 Å². The van der Waals surface area contributed by atoms with Crippen LogP contribution in [-0.2, 0) is 9.53 Å². The summed E-state index contributed by atoms with van der Waals surface area (Å²) in [6, 6.07) is 6.50. The van der Waals surface area contributed by atoms with Crippen molar-refractivity contribution in [1.29, 1.82) is 0 Å². The van der Waals surface area contributed by atoms with E-state index >= 15 is 0 Å². The molecule has 0 saturated heterocycles. The summed E-state index contributed by atoms with van der Waals surface area (Å²) in [5, 5.41) is 3.34. The van der Waals surface area contributed by atoms with E-state index in [9.17, 15) is 9.59 Å². The van der Waals surface area contributed by atoms with Crippen LogP contribution in [0.25, 0.3) is 11.0 Å². The second kappa shape index (κ2) is 5.60. The van der Waals surface area contributed by atoms with E-state index < -0.39 is 17.6 Å². The van der Waals surface area contributed by atoms with E-state index in [0.29, 0.717) is 16.5 Å². The van der Waals surface area contributed by atoms with Gasteiger partial charge < -0.3 is 14.5 Å². The average Bonchev–Trinajstić information content (AvgIpc) is 2.80. The molecule has 0 spiro atoms. The molecule has 112 valence electrons. The van der Waals surface area contributed by atoms with Crippen molar-refractivity contribution in [3.63, 3.8) is 0 Å². The highest BCUT2D eigenvalue weighted by Gasteiger charge is 2.24.